The van der Waals surface area contributed by atoms with Crippen molar-refractivity contribution in [3.63, 3.8) is 0 Å². The topological polar surface area (TPSA) is 63.7 Å². The van der Waals surface area contributed by atoms with Crippen LogP contribution < -0.4 is 4.74 Å². The Morgan fingerprint density at radius 2 is 1.81 bits per heavy atom. The zero-order valence-corrected chi connectivity index (χ0v) is 16.0. The number of nitrogens with zero attached hydrogens (tertiary/aromatic N) is 1. The first-order chi connectivity index (χ1) is 12.3. The van der Waals surface area contributed by atoms with Crippen LogP contribution in [0.1, 0.15) is 34.3 Å². The van der Waals surface area contributed by atoms with Gasteiger partial charge < -0.3 is 4.74 Å². The fourth-order valence-corrected chi connectivity index (χ4v) is 5.23. The normalized spacial score (nSPS) is 18.0. The number of rotatable bonds is 5. The number of aryl methyl sites for hydroxylation is 2. The number of hydrogen-bond donors (Lipinski definition) is 0. The summed E-state index contributed by atoms with van der Waals surface area (Å²) in [6.45, 7) is 4.05. The molecule has 26 heavy (non-hydrogen) atoms. The van der Waals surface area contributed by atoms with Crippen LogP contribution in [0.25, 0.3) is 0 Å². The van der Waals surface area contributed by atoms with Crippen LogP contribution in [0.5, 0.6) is 5.75 Å². The maximum atomic E-state index is 13.2. The number of ether oxygens (including phenoxy) is 1. The molecule has 0 bridgehead atoms. The Bertz CT molecular complexity index is 919. The number of sulfonamides is 1. The number of methoxy groups -OCH3 is 1. The molecule has 1 unspecified atom stereocenters. The number of ketones is 1. The largest absolute Gasteiger partial charge is 0.497 e. The second-order valence-electron chi connectivity index (χ2n) is 6.64. The Morgan fingerprint density at radius 3 is 2.42 bits per heavy atom. The minimum Gasteiger partial charge on any atom is -0.497 e. The summed E-state index contributed by atoms with van der Waals surface area (Å²) in [7, 11) is -2.21. The first-order valence-electron chi connectivity index (χ1n) is 8.62. The van der Waals surface area contributed by atoms with Crippen molar-refractivity contribution in [2.75, 3.05) is 13.7 Å². The Balaban J connectivity index is 1.94. The van der Waals surface area contributed by atoms with Crippen molar-refractivity contribution in [1.82, 2.24) is 4.31 Å². The van der Waals surface area contributed by atoms with Crippen molar-refractivity contribution < 1.29 is 17.9 Å². The highest BCUT2D eigenvalue weighted by molar-refractivity contribution is 7.89. The summed E-state index contributed by atoms with van der Waals surface area (Å²) in [4.78, 5) is 13.1. The molecule has 2 aromatic rings. The third kappa shape index (κ3) is 3.39. The van der Waals surface area contributed by atoms with E-state index in [1.54, 1.807) is 44.4 Å². The van der Waals surface area contributed by atoms with Crippen molar-refractivity contribution in [2.24, 2.45) is 0 Å². The molecule has 1 atom stereocenters. The molecular formula is C20H23NO4S. The van der Waals surface area contributed by atoms with E-state index >= 15 is 0 Å². The first-order valence-corrected chi connectivity index (χ1v) is 10.1. The molecule has 0 radical (unpaired) electrons. The monoisotopic (exact) mass is 373 g/mol. The maximum Gasteiger partial charge on any atom is 0.244 e. The lowest BCUT2D eigenvalue weighted by Gasteiger charge is -2.24. The molecule has 1 aliphatic rings. The van der Waals surface area contributed by atoms with Crippen molar-refractivity contribution in [3.05, 3.63) is 59.2 Å². The van der Waals surface area contributed by atoms with Gasteiger partial charge in [-0.15, -0.1) is 0 Å². The zero-order valence-electron chi connectivity index (χ0n) is 15.2. The highest BCUT2D eigenvalue weighted by atomic mass is 32.2. The van der Waals surface area contributed by atoms with Crippen molar-refractivity contribution in [2.45, 2.75) is 37.6 Å². The van der Waals surface area contributed by atoms with E-state index < -0.39 is 16.1 Å². The van der Waals surface area contributed by atoms with Crippen LogP contribution in [-0.4, -0.2) is 38.2 Å². The van der Waals surface area contributed by atoms with E-state index in [4.69, 9.17) is 4.74 Å². The zero-order chi connectivity index (χ0) is 18.9. The number of carbonyl (C=O) groups excluding carboxylic acids is 1. The van der Waals surface area contributed by atoms with Gasteiger partial charge in [-0.1, -0.05) is 29.8 Å². The Hall–Kier alpha value is -2.18. The highest BCUT2D eigenvalue weighted by Gasteiger charge is 2.40. The molecule has 1 fully saturated rings. The average Bonchev–Trinajstić information content (AvgIpc) is 3.12. The number of benzene rings is 2. The van der Waals surface area contributed by atoms with E-state index in [1.807, 2.05) is 19.1 Å². The molecule has 138 valence electrons. The van der Waals surface area contributed by atoms with E-state index in [2.05, 4.69) is 0 Å². The van der Waals surface area contributed by atoms with Gasteiger partial charge in [0.25, 0.3) is 0 Å². The summed E-state index contributed by atoms with van der Waals surface area (Å²) in [5.41, 5.74) is 2.22. The third-order valence-electron chi connectivity index (χ3n) is 4.81. The summed E-state index contributed by atoms with van der Waals surface area (Å²) in [6.07, 6.45) is 1.22. The van der Waals surface area contributed by atoms with Crippen LogP contribution in [-0.2, 0) is 10.0 Å². The van der Waals surface area contributed by atoms with Crippen molar-refractivity contribution >= 4 is 15.8 Å². The maximum absolute atomic E-state index is 13.2. The SMILES string of the molecule is COc1ccc(S(=O)(=O)N2CCCC2C(=O)c2ccc(C)cc2)c(C)c1. The van der Waals surface area contributed by atoms with Crippen LogP contribution in [0.15, 0.2) is 47.4 Å². The summed E-state index contributed by atoms with van der Waals surface area (Å²) < 4.78 is 32.9. The molecule has 3 rings (SSSR count). The quantitative estimate of drug-likeness (QED) is 0.754. The Kier molecular flexibility index (Phi) is 5.16. The molecule has 5 nitrogen and oxygen atoms in total. The van der Waals surface area contributed by atoms with Crippen molar-refractivity contribution in [3.8, 4) is 5.75 Å². The third-order valence-corrected chi connectivity index (χ3v) is 6.88. The standard InChI is InChI=1S/C20H23NO4S/c1-14-6-8-16(9-7-14)20(22)18-5-4-12-21(18)26(23,24)19-11-10-17(25-3)13-15(19)2/h6-11,13,18H,4-5,12H2,1-3H3. The summed E-state index contributed by atoms with van der Waals surface area (Å²) in [5, 5.41) is 0. The van der Waals surface area contributed by atoms with E-state index in [1.165, 1.54) is 4.31 Å². The van der Waals surface area contributed by atoms with Gasteiger partial charge in [0, 0.05) is 12.1 Å². The molecule has 0 aromatic heterocycles. The summed E-state index contributed by atoms with van der Waals surface area (Å²) in [6, 6.07) is 11.5. The predicted molar refractivity (Wildman–Crippen MR) is 100 cm³/mol. The van der Waals surface area contributed by atoms with E-state index in [9.17, 15) is 13.2 Å². The van der Waals surface area contributed by atoms with Crippen LogP contribution >= 0.6 is 0 Å². The van der Waals surface area contributed by atoms with Crippen LogP contribution in [0.2, 0.25) is 0 Å². The van der Waals surface area contributed by atoms with Gasteiger partial charge in [0.05, 0.1) is 18.0 Å². The fourth-order valence-electron chi connectivity index (χ4n) is 3.36. The summed E-state index contributed by atoms with van der Waals surface area (Å²) >= 11 is 0. The number of hydrogen-bond acceptors (Lipinski definition) is 4. The average molecular weight is 373 g/mol. The molecule has 1 heterocycles. The molecule has 1 saturated heterocycles. The second-order valence-corrected chi connectivity index (χ2v) is 8.49. The fraction of sp³-hybridized carbons (Fsp3) is 0.350. The van der Waals surface area contributed by atoms with Crippen LogP contribution in [0.3, 0.4) is 0 Å². The lowest BCUT2D eigenvalue weighted by Crippen LogP contribution is -2.40. The second kappa shape index (κ2) is 7.21. The molecule has 1 aliphatic heterocycles. The van der Waals surface area contributed by atoms with Gasteiger partial charge in [0.1, 0.15) is 5.75 Å². The summed E-state index contributed by atoms with van der Waals surface area (Å²) in [5.74, 6) is 0.465. The van der Waals surface area contributed by atoms with Crippen molar-refractivity contribution in [1.29, 1.82) is 0 Å². The predicted octanol–water partition coefficient (Wildman–Crippen LogP) is 3.35. The number of carbonyl (C=O) groups is 1. The Morgan fingerprint density at radius 1 is 1.12 bits per heavy atom. The molecule has 0 spiro atoms. The highest BCUT2D eigenvalue weighted by Crippen LogP contribution is 2.31. The van der Waals surface area contributed by atoms with E-state index in [-0.39, 0.29) is 10.7 Å². The van der Waals surface area contributed by atoms with Gasteiger partial charge in [0.2, 0.25) is 10.0 Å². The molecule has 2 aromatic carbocycles. The molecular weight excluding hydrogens is 350 g/mol. The van der Waals surface area contributed by atoms with Gasteiger partial charge in [-0.25, -0.2) is 8.42 Å². The molecule has 0 aliphatic carbocycles. The minimum absolute atomic E-state index is 0.141. The smallest absolute Gasteiger partial charge is 0.244 e. The Labute approximate surface area is 154 Å². The molecule has 0 saturated carbocycles. The molecule has 6 heteroatoms. The minimum atomic E-state index is -3.75. The van der Waals surface area contributed by atoms with E-state index in [0.717, 1.165) is 5.56 Å². The van der Waals surface area contributed by atoms with Gasteiger partial charge >= 0.3 is 0 Å². The van der Waals surface area contributed by atoms with Crippen LogP contribution in [0.4, 0.5) is 0 Å². The van der Waals surface area contributed by atoms with Gasteiger partial charge in [-0.3, -0.25) is 4.79 Å². The molecule has 0 N–H and O–H groups in total. The lowest BCUT2D eigenvalue weighted by atomic mass is 10.0. The molecule has 0 amide bonds. The van der Waals surface area contributed by atoms with E-state index in [0.29, 0.717) is 36.3 Å². The van der Waals surface area contributed by atoms with Gasteiger partial charge in [-0.05, 0) is 50.5 Å². The van der Waals surface area contributed by atoms with Crippen LogP contribution in [0, 0.1) is 13.8 Å². The lowest BCUT2D eigenvalue weighted by molar-refractivity contribution is 0.0918. The van der Waals surface area contributed by atoms with Gasteiger partial charge in [0.15, 0.2) is 5.78 Å². The first kappa shape index (κ1) is 18.6. The number of Topliss-reactive ketones (excluding diaryl/α,β-unsaturated/α-hetero) is 1. The van der Waals surface area contributed by atoms with Gasteiger partial charge in [-0.2, -0.15) is 4.31 Å².